The van der Waals surface area contributed by atoms with E-state index in [0.29, 0.717) is 18.4 Å². The Morgan fingerprint density at radius 1 is 1.13 bits per heavy atom. The van der Waals surface area contributed by atoms with Crippen molar-refractivity contribution in [1.29, 1.82) is 0 Å². The number of rotatable bonds is 7. The summed E-state index contributed by atoms with van der Waals surface area (Å²) in [4.78, 5) is 21.8. The van der Waals surface area contributed by atoms with E-state index in [9.17, 15) is 4.79 Å². The minimum Gasteiger partial charge on any atom is -0.359 e. The second kappa shape index (κ2) is 11.3. The lowest BCUT2D eigenvalue weighted by Gasteiger charge is -2.34. The van der Waals surface area contributed by atoms with Crippen molar-refractivity contribution in [3.05, 3.63) is 35.4 Å². The Kier molecular flexibility index (Phi) is 8.55. The van der Waals surface area contributed by atoms with E-state index in [1.54, 1.807) is 7.05 Å². The second-order valence-electron chi connectivity index (χ2n) is 8.67. The fraction of sp³-hybridized carbons (Fsp3) is 0.667. The van der Waals surface area contributed by atoms with Crippen LogP contribution in [0.25, 0.3) is 0 Å². The van der Waals surface area contributed by atoms with Crippen LogP contribution in [0.4, 0.5) is 0 Å². The van der Waals surface area contributed by atoms with E-state index in [4.69, 9.17) is 4.99 Å². The molecule has 2 saturated heterocycles. The lowest BCUT2D eigenvalue weighted by atomic mass is 9.93. The molecule has 3 rings (SSSR count). The van der Waals surface area contributed by atoms with Gasteiger partial charge in [-0.2, -0.15) is 0 Å². The summed E-state index contributed by atoms with van der Waals surface area (Å²) in [5, 5.41) is 6.26. The third kappa shape index (κ3) is 6.21. The summed E-state index contributed by atoms with van der Waals surface area (Å²) in [6, 6.07) is 9.30. The molecule has 1 aromatic rings. The van der Waals surface area contributed by atoms with Crippen LogP contribution in [0.15, 0.2) is 29.3 Å². The number of carbonyl (C=O) groups excluding carboxylic acids is 1. The normalized spacial score (nSPS) is 19.7. The molecule has 1 atom stereocenters. The molecule has 6 heteroatoms. The Morgan fingerprint density at radius 2 is 1.80 bits per heavy atom. The first kappa shape index (κ1) is 22.6. The standard InChI is InChI=1S/C24H39N5O/c1-4-26-24(29-15-11-20(12-16-29)17-23(30)25-3)27-18-22(28-13-5-6-14-28)21-9-7-19(2)8-10-21/h7-10,20,22H,4-6,11-18H2,1-3H3,(H,25,30)(H,26,27). The number of carbonyl (C=O) groups is 1. The van der Waals surface area contributed by atoms with Crippen LogP contribution >= 0.6 is 0 Å². The van der Waals surface area contributed by atoms with Gasteiger partial charge in [0.25, 0.3) is 0 Å². The van der Waals surface area contributed by atoms with Crippen molar-refractivity contribution in [1.82, 2.24) is 20.4 Å². The van der Waals surface area contributed by atoms with Crippen molar-refractivity contribution in [3.8, 4) is 0 Å². The van der Waals surface area contributed by atoms with Crippen molar-refractivity contribution in [2.24, 2.45) is 10.9 Å². The topological polar surface area (TPSA) is 60.0 Å². The van der Waals surface area contributed by atoms with Crippen LogP contribution < -0.4 is 10.6 Å². The molecule has 0 aromatic heterocycles. The fourth-order valence-corrected chi connectivity index (χ4v) is 4.59. The third-order valence-electron chi connectivity index (χ3n) is 6.46. The van der Waals surface area contributed by atoms with Crippen molar-refractivity contribution in [2.45, 2.75) is 52.0 Å². The van der Waals surface area contributed by atoms with Crippen LogP contribution in [-0.4, -0.2) is 68.0 Å². The van der Waals surface area contributed by atoms with Crippen LogP contribution in [0, 0.1) is 12.8 Å². The molecule has 0 aliphatic carbocycles. The summed E-state index contributed by atoms with van der Waals surface area (Å²) in [5.41, 5.74) is 2.67. The molecule has 0 spiro atoms. The minimum absolute atomic E-state index is 0.153. The molecule has 1 unspecified atom stereocenters. The molecule has 0 bridgehead atoms. The Bertz CT molecular complexity index is 688. The van der Waals surface area contributed by atoms with Crippen molar-refractivity contribution in [3.63, 3.8) is 0 Å². The Hall–Kier alpha value is -2.08. The summed E-state index contributed by atoms with van der Waals surface area (Å²) in [5.74, 6) is 1.65. The van der Waals surface area contributed by atoms with Gasteiger partial charge in [0.1, 0.15) is 0 Å². The van der Waals surface area contributed by atoms with E-state index < -0.39 is 0 Å². The first-order valence-electron chi connectivity index (χ1n) is 11.6. The molecular formula is C24H39N5O. The number of hydrogen-bond acceptors (Lipinski definition) is 3. The average Bonchev–Trinajstić information content (AvgIpc) is 3.29. The van der Waals surface area contributed by atoms with Crippen LogP contribution in [0.5, 0.6) is 0 Å². The molecule has 30 heavy (non-hydrogen) atoms. The molecular weight excluding hydrogens is 374 g/mol. The first-order chi connectivity index (χ1) is 14.6. The van der Waals surface area contributed by atoms with Gasteiger partial charge in [0.05, 0.1) is 12.6 Å². The Labute approximate surface area is 182 Å². The zero-order chi connectivity index (χ0) is 21.3. The van der Waals surface area contributed by atoms with Crippen LogP contribution in [-0.2, 0) is 4.79 Å². The molecule has 1 aromatic carbocycles. The summed E-state index contributed by atoms with van der Waals surface area (Å²) < 4.78 is 0. The maximum Gasteiger partial charge on any atom is 0.220 e. The van der Waals surface area contributed by atoms with Crippen molar-refractivity contribution < 1.29 is 4.79 Å². The van der Waals surface area contributed by atoms with E-state index in [0.717, 1.165) is 58.1 Å². The predicted molar refractivity (Wildman–Crippen MR) is 124 cm³/mol. The number of likely N-dealkylation sites (tertiary alicyclic amines) is 2. The molecule has 2 aliphatic heterocycles. The molecule has 1 amide bonds. The van der Waals surface area contributed by atoms with Crippen LogP contribution in [0.3, 0.4) is 0 Å². The highest BCUT2D eigenvalue weighted by molar-refractivity contribution is 5.80. The average molecular weight is 414 g/mol. The lowest BCUT2D eigenvalue weighted by molar-refractivity contribution is -0.121. The molecule has 2 N–H and O–H groups in total. The molecule has 0 radical (unpaired) electrons. The van der Waals surface area contributed by atoms with E-state index in [1.165, 1.54) is 24.0 Å². The number of nitrogens with one attached hydrogen (secondary N) is 2. The number of amides is 1. The fourth-order valence-electron chi connectivity index (χ4n) is 4.59. The van der Waals surface area contributed by atoms with E-state index in [2.05, 4.69) is 58.5 Å². The van der Waals surface area contributed by atoms with Gasteiger partial charge in [-0.1, -0.05) is 29.8 Å². The number of aryl methyl sites for hydroxylation is 1. The largest absolute Gasteiger partial charge is 0.359 e. The zero-order valence-corrected chi connectivity index (χ0v) is 19.0. The molecule has 2 fully saturated rings. The monoisotopic (exact) mass is 413 g/mol. The van der Waals surface area contributed by atoms with E-state index in [-0.39, 0.29) is 5.91 Å². The number of guanidine groups is 1. The third-order valence-corrected chi connectivity index (χ3v) is 6.46. The quantitative estimate of drug-likeness (QED) is 0.533. The lowest BCUT2D eigenvalue weighted by Crippen LogP contribution is -2.46. The van der Waals surface area contributed by atoms with Gasteiger partial charge >= 0.3 is 0 Å². The zero-order valence-electron chi connectivity index (χ0n) is 19.0. The number of hydrogen-bond donors (Lipinski definition) is 2. The molecule has 0 saturated carbocycles. The summed E-state index contributed by atoms with van der Waals surface area (Å²) in [7, 11) is 1.72. The van der Waals surface area contributed by atoms with Gasteiger partial charge in [-0.3, -0.25) is 14.7 Å². The summed E-state index contributed by atoms with van der Waals surface area (Å²) >= 11 is 0. The predicted octanol–water partition coefficient (Wildman–Crippen LogP) is 2.95. The minimum atomic E-state index is 0.153. The SMILES string of the molecule is CCNC(=NCC(c1ccc(C)cc1)N1CCCC1)N1CCC(CC(=O)NC)CC1. The van der Waals surface area contributed by atoms with Gasteiger partial charge < -0.3 is 15.5 Å². The second-order valence-corrected chi connectivity index (χ2v) is 8.67. The Morgan fingerprint density at radius 3 is 2.40 bits per heavy atom. The van der Waals surface area contributed by atoms with Crippen molar-refractivity contribution in [2.75, 3.05) is 46.3 Å². The molecule has 2 aliphatic rings. The van der Waals surface area contributed by atoms with Gasteiger partial charge in [-0.15, -0.1) is 0 Å². The maximum absolute atomic E-state index is 11.7. The van der Waals surface area contributed by atoms with Gasteiger partial charge in [0, 0.05) is 33.1 Å². The summed E-state index contributed by atoms with van der Waals surface area (Å²) in [6.07, 6.45) is 5.30. The van der Waals surface area contributed by atoms with Crippen LogP contribution in [0.1, 0.15) is 56.2 Å². The first-order valence-corrected chi connectivity index (χ1v) is 11.6. The van der Waals surface area contributed by atoms with Gasteiger partial charge in [-0.05, 0) is 64.1 Å². The highest BCUT2D eigenvalue weighted by Crippen LogP contribution is 2.26. The smallest absolute Gasteiger partial charge is 0.220 e. The van der Waals surface area contributed by atoms with Crippen LogP contribution in [0.2, 0.25) is 0 Å². The highest BCUT2D eigenvalue weighted by Gasteiger charge is 2.26. The number of benzene rings is 1. The highest BCUT2D eigenvalue weighted by atomic mass is 16.1. The molecule has 2 heterocycles. The van der Waals surface area contributed by atoms with E-state index in [1.807, 2.05) is 0 Å². The number of nitrogens with zero attached hydrogens (tertiary/aromatic N) is 3. The summed E-state index contributed by atoms with van der Waals surface area (Å²) in [6.45, 7) is 10.2. The van der Waals surface area contributed by atoms with E-state index >= 15 is 0 Å². The van der Waals surface area contributed by atoms with Crippen molar-refractivity contribution >= 4 is 11.9 Å². The number of aliphatic imine (C=N–C) groups is 1. The van der Waals surface area contributed by atoms with Gasteiger partial charge in [-0.25, -0.2) is 0 Å². The molecule has 166 valence electrons. The molecule has 6 nitrogen and oxygen atoms in total. The number of piperidine rings is 1. The van der Waals surface area contributed by atoms with Gasteiger partial charge in [0.15, 0.2) is 5.96 Å². The van der Waals surface area contributed by atoms with Gasteiger partial charge in [0.2, 0.25) is 5.91 Å². The Balaban J connectivity index is 1.67. The maximum atomic E-state index is 11.7.